The molecule has 144 valence electrons. The summed E-state index contributed by atoms with van der Waals surface area (Å²) < 4.78 is 44.0. The predicted molar refractivity (Wildman–Crippen MR) is 97.1 cm³/mol. The molecule has 2 aromatic carbocycles. The summed E-state index contributed by atoms with van der Waals surface area (Å²) in [4.78, 5) is 24.4. The number of esters is 1. The van der Waals surface area contributed by atoms with E-state index in [1.807, 2.05) is 6.92 Å². The lowest BCUT2D eigenvalue weighted by atomic mass is 9.98. The SMILES string of the molecule is C=C1OC(=O)C(CNC(=O)c2ccc(C)cc2)=C1c1cccc(C(F)(F)F)c1. The Balaban J connectivity index is 1.89. The van der Waals surface area contributed by atoms with Gasteiger partial charge in [0.1, 0.15) is 5.76 Å². The van der Waals surface area contributed by atoms with Gasteiger partial charge in [-0.05, 0) is 36.8 Å². The number of rotatable bonds is 4. The molecule has 0 fully saturated rings. The van der Waals surface area contributed by atoms with Crippen molar-refractivity contribution in [1.29, 1.82) is 0 Å². The molecule has 1 N–H and O–H groups in total. The van der Waals surface area contributed by atoms with Gasteiger partial charge in [-0.25, -0.2) is 4.79 Å². The largest absolute Gasteiger partial charge is 0.423 e. The first kappa shape index (κ1) is 19.4. The number of benzene rings is 2. The van der Waals surface area contributed by atoms with Crippen LogP contribution in [0.1, 0.15) is 27.0 Å². The maximum absolute atomic E-state index is 13.0. The smallest absolute Gasteiger partial charge is 0.416 e. The van der Waals surface area contributed by atoms with Crippen LogP contribution in [-0.4, -0.2) is 18.4 Å². The molecule has 3 rings (SSSR count). The van der Waals surface area contributed by atoms with Gasteiger partial charge in [-0.15, -0.1) is 0 Å². The summed E-state index contributed by atoms with van der Waals surface area (Å²) in [5.74, 6) is -1.22. The van der Waals surface area contributed by atoms with Crippen LogP contribution >= 0.6 is 0 Å². The van der Waals surface area contributed by atoms with Gasteiger partial charge in [0.25, 0.3) is 5.91 Å². The van der Waals surface area contributed by atoms with E-state index >= 15 is 0 Å². The number of nitrogens with one attached hydrogen (secondary N) is 1. The Morgan fingerprint density at radius 2 is 1.82 bits per heavy atom. The number of halogens is 3. The number of hydrogen-bond donors (Lipinski definition) is 1. The first-order valence-corrected chi connectivity index (χ1v) is 8.34. The van der Waals surface area contributed by atoms with E-state index in [-0.39, 0.29) is 29.0 Å². The molecule has 0 saturated heterocycles. The van der Waals surface area contributed by atoms with Gasteiger partial charge < -0.3 is 10.1 Å². The van der Waals surface area contributed by atoms with Crippen molar-refractivity contribution >= 4 is 17.4 Å². The minimum atomic E-state index is -4.53. The molecular weight excluding hydrogens is 371 g/mol. The van der Waals surface area contributed by atoms with Gasteiger partial charge in [-0.3, -0.25) is 4.79 Å². The van der Waals surface area contributed by atoms with Crippen LogP contribution in [0.25, 0.3) is 5.57 Å². The molecule has 0 spiro atoms. The molecule has 0 bridgehead atoms. The quantitative estimate of drug-likeness (QED) is 0.798. The Bertz CT molecular complexity index is 989. The van der Waals surface area contributed by atoms with Crippen LogP contribution in [0.5, 0.6) is 0 Å². The van der Waals surface area contributed by atoms with Crippen LogP contribution < -0.4 is 5.32 Å². The number of amides is 1. The van der Waals surface area contributed by atoms with E-state index in [4.69, 9.17) is 4.74 Å². The molecule has 0 unspecified atom stereocenters. The molecule has 1 aliphatic heterocycles. The molecule has 0 aliphatic carbocycles. The zero-order valence-electron chi connectivity index (χ0n) is 14.9. The Morgan fingerprint density at radius 1 is 1.14 bits per heavy atom. The first-order chi connectivity index (χ1) is 13.2. The highest BCUT2D eigenvalue weighted by Gasteiger charge is 2.33. The van der Waals surface area contributed by atoms with Crippen molar-refractivity contribution in [2.24, 2.45) is 0 Å². The van der Waals surface area contributed by atoms with E-state index in [1.165, 1.54) is 12.1 Å². The van der Waals surface area contributed by atoms with Crippen molar-refractivity contribution < 1.29 is 27.5 Å². The van der Waals surface area contributed by atoms with Gasteiger partial charge in [-0.1, -0.05) is 36.4 Å². The van der Waals surface area contributed by atoms with E-state index in [2.05, 4.69) is 11.9 Å². The molecule has 0 saturated carbocycles. The summed E-state index contributed by atoms with van der Waals surface area (Å²) in [5, 5.41) is 2.59. The molecule has 0 radical (unpaired) electrons. The van der Waals surface area contributed by atoms with Crippen LogP contribution in [0.3, 0.4) is 0 Å². The summed E-state index contributed by atoms with van der Waals surface area (Å²) in [5.41, 5.74) is 0.877. The normalized spacial score (nSPS) is 14.3. The number of hydrogen-bond acceptors (Lipinski definition) is 3. The summed E-state index contributed by atoms with van der Waals surface area (Å²) >= 11 is 0. The second kappa shape index (κ2) is 7.34. The molecule has 1 amide bonds. The highest BCUT2D eigenvalue weighted by Crippen LogP contribution is 2.36. The Kier molecular flexibility index (Phi) is 5.09. The fourth-order valence-electron chi connectivity index (χ4n) is 2.82. The Hall–Kier alpha value is -3.35. The van der Waals surface area contributed by atoms with Crippen molar-refractivity contribution in [3.63, 3.8) is 0 Å². The zero-order chi connectivity index (χ0) is 20.5. The van der Waals surface area contributed by atoms with Gasteiger partial charge >= 0.3 is 12.1 Å². The van der Waals surface area contributed by atoms with Crippen LogP contribution in [0.15, 0.2) is 66.4 Å². The molecule has 1 aliphatic rings. The molecule has 1 heterocycles. The number of cyclic esters (lactones) is 1. The van der Waals surface area contributed by atoms with E-state index in [9.17, 15) is 22.8 Å². The minimum absolute atomic E-state index is 0.0461. The summed E-state index contributed by atoms with van der Waals surface area (Å²) in [6.45, 7) is 5.29. The molecule has 7 heteroatoms. The van der Waals surface area contributed by atoms with Gasteiger partial charge in [-0.2, -0.15) is 13.2 Å². The molecule has 28 heavy (non-hydrogen) atoms. The minimum Gasteiger partial charge on any atom is -0.423 e. The lowest BCUT2D eigenvalue weighted by Crippen LogP contribution is -2.27. The van der Waals surface area contributed by atoms with Gasteiger partial charge in [0.05, 0.1) is 17.7 Å². The molecule has 2 aromatic rings. The second-order valence-electron chi connectivity index (χ2n) is 6.29. The summed E-state index contributed by atoms with van der Waals surface area (Å²) in [6, 6.07) is 11.3. The van der Waals surface area contributed by atoms with E-state index in [0.717, 1.165) is 17.7 Å². The average Bonchev–Trinajstić information content (AvgIpc) is 2.93. The second-order valence-corrected chi connectivity index (χ2v) is 6.29. The summed E-state index contributed by atoms with van der Waals surface area (Å²) in [6.07, 6.45) is -4.53. The van der Waals surface area contributed by atoms with Crippen LogP contribution in [-0.2, 0) is 15.7 Å². The Morgan fingerprint density at radius 3 is 2.46 bits per heavy atom. The summed E-state index contributed by atoms with van der Waals surface area (Å²) in [7, 11) is 0. The van der Waals surface area contributed by atoms with Gasteiger partial charge in [0.2, 0.25) is 0 Å². The highest BCUT2D eigenvalue weighted by atomic mass is 19.4. The van der Waals surface area contributed by atoms with Gasteiger partial charge in [0, 0.05) is 11.1 Å². The van der Waals surface area contributed by atoms with Crippen LogP contribution in [0, 0.1) is 6.92 Å². The third-order valence-corrected chi connectivity index (χ3v) is 4.26. The maximum atomic E-state index is 13.0. The van der Waals surface area contributed by atoms with E-state index < -0.39 is 23.6 Å². The highest BCUT2D eigenvalue weighted by molar-refractivity contribution is 6.07. The number of carbonyl (C=O) groups is 2. The lowest BCUT2D eigenvalue weighted by molar-refractivity contribution is -0.137. The number of aryl methyl sites for hydroxylation is 1. The third kappa shape index (κ3) is 3.98. The topological polar surface area (TPSA) is 55.4 Å². The maximum Gasteiger partial charge on any atom is 0.416 e. The van der Waals surface area contributed by atoms with E-state index in [0.29, 0.717) is 5.56 Å². The lowest BCUT2D eigenvalue weighted by Gasteiger charge is -2.10. The fourth-order valence-corrected chi connectivity index (χ4v) is 2.82. The third-order valence-electron chi connectivity index (χ3n) is 4.26. The van der Waals surface area contributed by atoms with Crippen LogP contribution in [0.2, 0.25) is 0 Å². The van der Waals surface area contributed by atoms with Crippen molar-refractivity contribution in [3.05, 3.63) is 88.7 Å². The Labute approximate surface area is 159 Å². The molecular formula is C21H16F3NO3. The number of ether oxygens (including phenoxy) is 1. The fraction of sp³-hybridized carbons (Fsp3) is 0.143. The van der Waals surface area contributed by atoms with Crippen LogP contribution in [0.4, 0.5) is 13.2 Å². The number of carbonyl (C=O) groups excluding carboxylic acids is 2. The van der Waals surface area contributed by atoms with Gasteiger partial charge in [0.15, 0.2) is 0 Å². The zero-order valence-corrected chi connectivity index (χ0v) is 14.9. The number of alkyl halides is 3. The molecule has 0 aromatic heterocycles. The average molecular weight is 387 g/mol. The predicted octanol–water partition coefficient (Wildman–Crippen LogP) is 4.27. The monoisotopic (exact) mass is 387 g/mol. The molecule has 0 atom stereocenters. The van der Waals surface area contributed by atoms with E-state index in [1.54, 1.807) is 24.3 Å². The standard InChI is InChI=1S/C21H16F3NO3/c1-12-6-8-14(9-7-12)19(26)25-11-17-18(13(2)28-20(17)27)15-4-3-5-16(10-15)21(22,23)24/h3-10H,2,11H2,1H3,(H,25,26). The van der Waals surface area contributed by atoms with Crippen molar-refractivity contribution in [1.82, 2.24) is 5.32 Å². The van der Waals surface area contributed by atoms with Crippen molar-refractivity contribution in [3.8, 4) is 0 Å². The number of allylic oxidation sites excluding steroid dienone is 1. The molecule has 4 nitrogen and oxygen atoms in total. The van der Waals surface area contributed by atoms with Crippen molar-refractivity contribution in [2.75, 3.05) is 6.54 Å². The van der Waals surface area contributed by atoms with Crippen molar-refractivity contribution in [2.45, 2.75) is 13.1 Å². The first-order valence-electron chi connectivity index (χ1n) is 8.34.